The van der Waals surface area contributed by atoms with Crippen LogP contribution in [-0.2, 0) is 6.54 Å². The monoisotopic (exact) mass is 283 g/mol. The number of aromatic hydroxyl groups is 1. The van der Waals surface area contributed by atoms with Crippen LogP contribution in [0.25, 0.3) is 0 Å². The number of nitrogens with zero attached hydrogens (tertiary/aromatic N) is 3. The van der Waals surface area contributed by atoms with Crippen molar-refractivity contribution in [2.75, 3.05) is 0 Å². The minimum absolute atomic E-state index is 0.0124. The summed E-state index contributed by atoms with van der Waals surface area (Å²) < 4.78 is 14.8. The molecular formula is C11H10FN3OS2. The third kappa shape index (κ3) is 2.62. The fourth-order valence-corrected chi connectivity index (χ4v) is 2.57. The van der Waals surface area contributed by atoms with Gasteiger partial charge in [0.15, 0.2) is 3.95 Å². The summed E-state index contributed by atoms with van der Waals surface area (Å²) in [7, 11) is 0. The van der Waals surface area contributed by atoms with Gasteiger partial charge in [0.1, 0.15) is 5.82 Å². The lowest BCUT2D eigenvalue weighted by Gasteiger charge is -1.97. The summed E-state index contributed by atoms with van der Waals surface area (Å²) in [5.74, 6) is -0.317. The molecule has 0 fully saturated rings. The molecule has 0 saturated carbocycles. The third-order valence-electron chi connectivity index (χ3n) is 2.25. The largest absolute Gasteiger partial charge is 0.492 e. The quantitative estimate of drug-likeness (QED) is 0.663. The predicted molar refractivity (Wildman–Crippen MR) is 71.1 cm³/mol. The highest BCUT2D eigenvalue weighted by Gasteiger charge is 2.09. The van der Waals surface area contributed by atoms with Gasteiger partial charge in [-0.1, -0.05) is 11.3 Å². The van der Waals surface area contributed by atoms with Gasteiger partial charge in [0.05, 0.1) is 5.69 Å². The summed E-state index contributed by atoms with van der Waals surface area (Å²) in [5.41, 5.74) is 0.512. The van der Waals surface area contributed by atoms with Crippen molar-refractivity contribution in [3.8, 4) is 5.88 Å². The molecular weight excluding hydrogens is 273 g/mol. The van der Waals surface area contributed by atoms with Crippen LogP contribution >= 0.6 is 23.6 Å². The lowest BCUT2D eigenvalue weighted by atomic mass is 10.3. The lowest BCUT2D eigenvalue weighted by Crippen LogP contribution is -1.90. The van der Waals surface area contributed by atoms with E-state index in [1.54, 1.807) is 4.57 Å². The molecule has 0 atom stereocenters. The van der Waals surface area contributed by atoms with Gasteiger partial charge in [-0.2, -0.15) is 0 Å². The molecule has 0 radical (unpaired) electrons. The Balaban J connectivity index is 2.29. The Morgan fingerprint density at radius 2 is 2.00 bits per heavy atom. The van der Waals surface area contributed by atoms with Crippen LogP contribution in [0.15, 0.2) is 34.5 Å². The molecule has 2 rings (SSSR count). The highest BCUT2D eigenvalue weighted by atomic mass is 32.1. The predicted octanol–water partition coefficient (Wildman–Crippen LogP) is 4.56. The van der Waals surface area contributed by atoms with E-state index in [9.17, 15) is 9.50 Å². The average Bonchev–Trinajstić information content (AvgIpc) is 2.63. The minimum atomic E-state index is -0.329. The number of benzene rings is 1. The molecule has 0 amide bonds. The van der Waals surface area contributed by atoms with Gasteiger partial charge in [0, 0.05) is 6.54 Å². The molecule has 1 N–H and O–H groups in total. The molecule has 0 bridgehead atoms. The average molecular weight is 283 g/mol. The van der Waals surface area contributed by atoms with Crippen molar-refractivity contribution in [3.63, 3.8) is 0 Å². The van der Waals surface area contributed by atoms with Gasteiger partial charge >= 0.3 is 0 Å². The van der Waals surface area contributed by atoms with Crippen LogP contribution in [0.5, 0.6) is 5.88 Å². The highest BCUT2D eigenvalue weighted by molar-refractivity contribution is 7.73. The Morgan fingerprint density at radius 1 is 1.33 bits per heavy atom. The van der Waals surface area contributed by atoms with E-state index in [-0.39, 0.29) is 11.7 Å². The topological polar surface area (TPSA) is 49.9 Å². The molecule has 0 aliphatic carbocycles. The molecule has 1 heterocycles. The maximum Gasteiger partial charge on any atom is 0.232 e. The van der Waals surface area contributed by atoms with E-state index in [1.165, 1.54) is 35.6 Å². The number of azo groups is 1. The van der Waals surface area contributed by atoms with Crippen LogP contribution in [0, 0.1) is 9.77 Å². The van der Waals surface area contributed by atoms with E-state index in [0.29, 0.717) is 21.2 Å². The van der Waals surface area contributed by atoms with Crippen molar-refractivity contribution in [3.05, 3.63) is 34.0 Å². The van der Waals surface area contributed by atoms with E-state index in [1.807, 2.05) is 6.92 Å². The summed E-state index contributed by atoms with van der Waals surface area (Å²) in [4.78, 5) is 0. The normalized spacial score (nSPS) is 11.2. The van der Waals surface area contributed by atoms with Gasteiger partial charge in [-0.05, 0) is 43.4 Å². The van der Waals surface area contributed by atoms with Gasteiger partial charge in [-0.15, -0.1) is 10.2 Å². The Bertz CT molecular complexity index is 631. The molecule has 7 heteroatoms. The van der Waals surface area contributed by atoms with Crippen molar-refractivity contribution in [1.29, 1.82) is 0 Å². The fraction of sp³-hybridized carbons (Fsp3) is 0.182. The Morgan fingerprint density at radius 3 is 2.56 bits per heavy atom. The van der Waals surface area contributed by atoms with E-state index in [4.69, 9.17) is 12.2 Å². The maximum absolute atomic E-state index is 12.7. The van der Waals surface area contributed by atoms with Crippen LogP contribution in [0.2, 0.25) is 0 Å². The van der Waals surface area contributed by atoms with Crippen LogP contribution in [-0.4, -0.2) is 9.67 Å². The second kappa shape index (κ2) is 5.36. The summed E-state index contributed by atoms with van der Waals surface area (Å²) in [6, 6.07) is 5.61. The van der Waals surface area contributed by atoms with Gasteiger partial charge in [-0.3, -0.25) is 4.57 Å². The van der Waals surface area contributed by atoms with Gasteiger partial charge in [0.25, 0.3) is 0 Å². The number of halogens is 1. The molecule has 94 valence electrons. The number of rotatable bonds is 3. The van der Waals surface area contributed by atoms with Gasteiger partial charge in [-0.25, -0.2) is 4.39 Å². The lowest BCUT2D eigenvalue weighted by molar-refractivity contribution is 0.421. The first-order chi connectivity index (χ1) is 8.61. The second-order valence-corrected chi connectivity index (χ2v) is 5.04. The molecule has 2 aromatic rings. The zero-order valence-corrected chi connectivity index (χ0v) is 11.1. The van der Waals surface area contributed by atoms with Crippen LogP contribution in [0.1, 0.15) is 6.92 Å². The van der Waals surface area contributed by atoms with E-state index >= 15 is 0 Å². The number of hydrogen-bond acceptors (Lipinski definition) is 5. The van der Waals surface area contributed by atoms with E-state index < -0.39 is 0 Å². The Hall–Kier alpha value is -1.60. The first kappa shape index (κ1) is 12.8. The molecule has 1 aromatic heterocycles. The summed E-state index contributed by atoms with van der Waals surface area (Å²) in [6.07, 6.45) is 0. The summed E-state index contributed by atoms with van der Waals surface area (Å²) in [6.45, 7) is 2.45. The molecule has 0 spiro atoms. The second-order valence-electron chi connectivity index (χ2n) is 3.42. The van der Waals surface area contributed by atoms with Crippen LogP contribution < -0.4 is 0 Å². The third-order valence-corrected chi connectivity index (χ3v) is 3.57. The van der Waals surface area contributed by atoms with E-state index in [0.717, 1.165) is 0 Å². The van der Waals surface area contributed by atoms with Crippen molar-refractivity contribution in [1.82, 2.24) is 4.57 Å². The van der Waals surface area contributed by atoms with Crippen LogP contribution in [0.3, 0.4) is 0 Å². The smallest absolute Gasteiger partial charge is 0.232 e. The number of thiazole rings is 1. The van der Waals surface area contributed by atoms with Crippen molar-refractivity contribution in [2.24, 2.45) is 10.2 Å². The maximum atomic E-state index is 12.7. The first-order valence-electron chi connectivity index (χ1n) is 5.21. The number of aromatic nitrogens is 1. The standard InChI is InChI=1S/C11H10FN3OS2/c1-2-15-10(16)9(18-11(15)17)14-13-8-5-3-7(12)4-6-8/h3-6,16H,2H2,1H3. The number of hydrogen-bond donors (Lipinski definition) is 1. The van der Waals surface area contributed by atoms with Gasteiger partial charge < -0.3 is 5.11 Å². The summed E-state index contributed by atoms with van der Waals surface area (Å²) in [5, 5.41) is 18.0. The van der Waals surface area contributed by atoms with Crippen LogP contribution in [0.4, 0.5) is 15.1 Å². The highest BCUT2D eigenvalue weighted by Crippen LogP contribution is 2.35. The zero-order valence-electron chi connectivity index (χ0n) is 9.50. The molecule has 0 aliphatic heterocycles. The minimum Gasteiger partial charge on any atom is -0.492 e. The Labute approximate surface area is 112 Å². The Kier molecular flexibility index (Phi) is 3.83. The molecule has 1 aromatic carbocycles. The molecule has 0 aliphatic rings. The first-order valence-corrected chi connectivity index (χ1v) is 6.44. The summed E-state index contributed by atoms with van der Waals surface area (Å²) >= 11 is 6.26. The molecule has 0 unspecified atom stereocenters. The molecule has 0 saturated heterocycles. The zero-order chi connectivity index (χ0) is 13.1. The fourth-order valence-electron chi connectivity index (χ4n) is 1.34. The molecule has 18 heavy (non-hydrogen) atoms. The van der Waals surface area contributed by atoms with Crippen molar-refractivity contribution < 1.29 is 9.50 Å². The van der Waals surface area contributed by atoms with E-state index in [2.05, 4.69) is 10.2 Å². The molecule has 4 nitrogen and oxygen atoms in total. The SMILES string of the molecule is CCn1c(O)c(N=Nc2ccc(F)cc2)sc1=S. The van der Waals surface area contributed by atoms with Gasteiger partial charge in [0.2, 0.25) is 10.9 Å². The van der Waals surface area contributed by atoms with Crippen molar-refractivity contribution >= 4 is 34.2 Å². The van der Waals surface area contributed by atoms with Crippen molar-refractivity contribution in [2.45, 2.75) is 13.5 Å².